The summed E-state index contributed by atoms with van der Waals surface area (Å²) in [5.74, 6) is 12.7. The highest BCUT2D eigenvalue weighted by Crippen LogP contribution is 2.48. The normalized spacial score (nSPS) is 14.9. The van der Waals surface area contributed by atoms with Gasteiger partial charge in [-0.15, -0.1) is 0 Å². The summed E-state index contributed by atoms with van der Waals surface area (Å²) in [6.07, 6.45) is 25.2. The number of benzene rings is 6. The number of aromatic amines is 5. The lowest BCUT2D eigenvalue weighted by Gasteiger charge is -2.17. The van der Waals surface area contributed by atoms with Gasteiger partial charge in [-0.25, -0.2) is 29.9 Å². The molecule has 0 aliphatic heterocycles. The first kappa shape index (κ1) is 82.7. The fraction of sp³-hybridized carbons (Fsp3) is 0.318. The molecule has 670 valence electrons. The molecule has 6 aliphatic carbocycles. The molecule has 5 saturated carbocycles. The number of rotatable bonds is 15. The van der Waals surface area contributed by atoms with E-state index in [1.807, 2.05) is 81.8 Å². The Bertz CT molecular complexity index is 7830. The van der Waals surface area contributed by atoms with Gasteiger partial charge in [0.15, 0.2) is 0 Å². The van der Waals surface area contributed by atoms with Gasteiger partial charge < -0.3 is 70.4 Å². The first-order valence-corrected chi connectivity index (χ1v) is 46.9. The largest absolute Gasteiger partial charge is 0.361 e. The van der Waals surface area contributed by atoms with E-state index in [0.717, 1.165) is 232 Å². The molecule has 0 bridgehead atoms. The van der Waals surface area contributed by atoms with Gasteiger partial charge in [-0.05, 0) is 330 Å². The number of hydrogen-bond donors (Lipinski definition) is 5. The van der Waals surface area contributed by atoms with E-state index in [-0.39, 0.29) is 0 Å². The first-order chi connectivity index (χ1) is 64.5. The predicted octanol–water partition coefficient (Wildman–Crippen LogP) is 25.5. The summed E-state index contributed by atoms with van der Waals surface area (Å²) in [6.45, 7) is 30.4. The van der Waals surface area contributed by atoms with Crippen molar-refractivity contribution in [3.8, 4) is 84.1 Å². The molecule has 27 rings (SSSR count). The molecule has 0 amide bonds. The monoisotopic (exact) mass is 1770 g/mol. The van der Waals surface area contributed by atoms with E-state index in [0.29, 0.717) is 29.6 Å². The third-order valence-corrected chi connectivity index (χ3v) is 27.8. The van der Waals surface area contributed by atoms with Crippen molar-refractivity contribution >= 4 is 66.1 Å². The van der Waals surface area contributed by atoms with Crippen molar-refractivity contribution in [2.75, 3.05) is 0 Å². The predicted molar refractivity (Wildman–Crippen MR) is 517 cm³/mol. The molecular formula is C107H107N21O5. The smallest absolute Gasteiger partial charge is 0.141 e. The van der Waals surface area contributed by atoms with Crippen LogP contribution in [0.4, 0.5) is 0 Å². The quantitative estimate of drug-likeness (QED) is 0.0637. The fourth-order valence-corrected chi connectivity index (χ4v) is 20.3. The van der Waals surface area contributed by atoms with Crippen LogP contribution in [0.25, 0.3) is 150 Å². The van der Waals surface area contributed by atoms with Crippen molar-refractivity contribution in [1.29, 1.82) is 0 Å². The van der Waals surface area contributed by atoms with Gasteiger partial charge in [0.25, 0.3) is 0 Å². The minimum absolute atomic E-state index is 0.570. The second kappa shape index (κ2) is 32.4. The summed E-state index contributed by atoms with van der Waals surface area (Å²) < 4.78 is 38.3. The zero-order chi connectivity index (χ0) is 90.8. The van der Waals surface area contributed by atoms with Crippen LogP contribution in [0, 0.1) is 104 Å². The molecule has 5 fully saturated rings. The molecule has 6 aliphatic rings. The zero-order valence-electron chi connectivity index (χ0n) is 77.8. The molecule has 15 heterocycles. The Morgan fingerprint density at radius 3 is 0.992 bits per heavy atom. The van der Waals surface area contributed by atoms with Gasteiger partial charge in [0.05, 0.1) is 96.3 Å². The van der Waals surface area contributed by atoms with Gasteiger partial charge in [-0.2, -0.15) is 0 Å². The average Bonchev–Trinajstić information content (AvgIpc) is 1.61. The van der Waals surface area contributed by atoms with E-state index in [9.17, 15) is 0 Å². The van der Waals surface area contributed by atoms with E-state index >= 15 is 0 Å². The maximum absolute atomic E-state index is 5.46. The van der Waals surface area contributed by atoms with E-state index in [1.165, 1.54) is 134 Å². The van der Waals surface area contributed by atoms with Crippen LogP contribution in [0.5, 0.6) is 0 Å². The number of hydrogen-bond acceptors (Lipinski definition) is 16. The van der Waals surface area contributed by atoms with Gasteiger partial charge in [0.2, 0.25) is 0 Å². The van der Waals surface area contributed by atoms with Crippen molar-refractivity contribution in [1.82, 2.24) is 103 Å². The van der Waals surface area contributed by atoms with Gasteiger partial charge in [0.1, 0.15) is 85.5 Å². The van der Waals surface area contributed by atoms with Crippen molar-refractivity contribution in [3.63, 3.8) is 0 Å². The maximum atomic E-state index is 5.46. The van der Waals surface area contributed by atoms with Crippen molar-refractivity contribution < 1.29 is 22.6 Å². The Kier molecular flexibility index (Phi) is 20.1. The van der Waals surface area contributed by atoms with Crippen LogP contribution >= 0.6 is 0 Å². The van der Waals surface area contributed by atoms with Crippen LogP contribution in [0.15, 0.2) is 169 Å². The van der Waals surface area contributed by atoms with Crippen LogP contribution in [-0.2, 0) is 12.8 Å². The number of nitrogens with zero attached hydrogens (tertiary/aromatic N) is 16. The van der Waals surface area contributed by atoms with Gasteiger partial charge >= 0.3 is 0 Å². The minimum atomic E-state index is 0.570. The summed E-state index contributed by atoms with van der Waals surface area (Å²) >= 11 is 0. The van der Waals surface area contributed by atoms with E-state index in [4.69, 9.17) is 47.5 Å². The Labute approximate surface area is 767 Å². The summed E-state index contributed by atoms with van der Waals surface area (Å²) in [4.78, 5) is 47.0. The Morgan fingerprint density at radius 1 is 0.301 bits per heavy atom. The van der Waals surface area contributed by atoms with E-state index in [2.05, 4.69) is 247 Å². The molecule has 133 heavy (non-hydrogen) atoms. The average molecular weight is 1770 g/mol. The molecule has 15 aromatic heterocycles. The lowest BCUT2D eigenvalue weighted by Crippen LogP contribution is -2.07. The van der Waals surface area contributed by atoms with Gasteiger partial charge in [0, 0.05) is 116 Å². The third kappa shape index (κ3) is 15.1. The number of para-hydroxylation sites is 1. The third-order valence-electron chi connectivity index (χ3n) is 27.8. The van der Waals surface area contributed by atoms with Crippen molar-refractivity contribution in [2.45, 2.75) is 223 Å². The summed E-state index contributed by atoms with van der Waals surface area (Å²) in [5.41, 5.74) is 41.4. The number of H-pyrrole nitrogens is 5. The van der Waals surface area contributed by atoms with Crippen LogP contribution in [0.3, 0.4) is 0 Å². The van der Waals surface area contributed by atoms with Crippen LogP contribution in [0.2, 0.25) is 0 Å². The van der Waals surface area contributed by atoms with E-state index < -0.39 is 0 Å². The second-order valence-corrected chi connectivity index (χ2v) is 37.9. The summed E-state index contributed by atoms with van der Waals surface area (Å²) in [5, 5.41) is 21.9. The molecule has 0 radical (unpaired) electrons. The highest BCUT2D eigenvalue weighted by Gasteiger charge is 2.35. The lowest BCUT2D eigenvalue weighted by atomic mass is 9.97. The highest BCUT2D eigenvalue weighted by atomic mass is 16.5. The molecule has 0 spiro atoms. The molecule has 0 saturated heterocycles. The van der Waals surface area contributed by atoms with Crippen LogP contribution < -0.4 is 0 Å². The zero-order valence-corrected chi connectivity index (χ0v) is 77.8. The van der Waals surface area contributed by atoms with Crippen LogP contribution in [0.1, 0.15) is 233 Å². The Hall–Kier alpha value is -14.7. The molecule has 6 aromatic carbocycles. The lowest BCUT2D eigenvalue weighted by molar-refractivity contribution is 0.393. The molecular weight excluding hydrogens is 1660 g/mol. The van der Waals surface area contributed by atoms with Crippen LogP contribution in [-0.4, -0.2) is 103 Å². The standard InChI is InChI=1S/C24H22N4O.C23H24N4O.C21H22N4O.C20H20N4O.C19H19N5O/c1-13-10-17-6-4-5-7-20(17)28(13)21-12-18(22-14(2)27-29-15(22)3)11-19-23(21)26-24(25-19)16-8-9-16;1-13-21(14(2)28-26-13)17-11-18-22(25-23(24-18)16-7-8-16)20(12-17)27-10-9-15-5-3-4-6-19(15)27;1-11-5-6-12(2)25(11)18-10-16(19-13(3)24-26-14(19)4)9-17-20(18)23-21(22-17)15-7-8-15;1-11-5-4-8-24(11)17-10-15(18-12(2)23-25-13(18)3)9-16-19(17)22-20(21-16)14-6-7-14;1-10-8-20-9-24(10)16-7-14(17-11(2)23-25-12(17)3)6-15-18(16)22-19(21-15)13-4-5-13/h4-7,10-12,16H,8-9H2,1-3H3,(H,25,26);9-12,16H,3-8H2,1-2H3,(H,24,25);5-6,9-10,15H,7-8H2,1-4H3,(H,22,23);4-5,8-10,14H,6-7H2,1-3H3,(H,21,22);6-9,13H,4-5H2,1-3H3,(H,21,22). The molecule has 0 atom stereocenters. The highest BCUT2D eigenvalue weighted by molar-refractivity contribution is 5.97. The van der Waals surface area contributed by atoms with Crippen molar-refractivity contribution in [3.05, 3.63) is 272 Å². The number of fused-ring (bicyclic) bond motifs is 7. The number of aromatic nitrogens is 21. The second-order valence-electron chi connectivity index (χ2n) is 37.9. The SMILES string of the molecule is Cc1noc(C)c1-c1cc(-n2c(C)cc3ccccc32)c2nc(C3CC3)[nH]c2c1.Cc1noc(C)c1-c1cc(-n2c(C)ccc2C)c2nc(C3CC3)[nH]c2c1.Cc1noc(C)c1-c1cc(-n2ccc3c2CCCC3)c2nc(C3CC3)[nH]c2c1.Cc1noc(C)c1-c1cc(-n2cccc2C)c2nc(C3CC3)[nH]c2c1.Cc1noc(C)c1-c1cc(-n2cncc2C)c2nc(C3CC3)[nH]c2c1. The van der Waals surface area contributed by atoms with E-state index in [1.54, 1.807) is 0 Å². The summed E-state index contributed by atoms with van der Waals surface area (Å²) in [6, 6.07) is 43.5. The van der Waals surface area contributed by atoms with Gasteiger partial charge in [-0.3, -0.25) is 0 Å². The van der Waals surface area contributed by atoms with Gasteiger partial charge in [-0.1, -0.05) is 44.0 Å². The number of nitrogens with one attached hydrogen (secondary N) is 5. The summed E-state index contributed by atoms with van der Waals surface area (Å²) in [7, 11) is 0. The molecule has 26 heteroatoms. The topological polar surface area (TPSA) is 311 Å². The molecule has 5 N–H and O–H groups in total. The minimum Gasteiger partial charge on any atom is -0.361 e. The molecule has 21 aromatic rings. The Balaban J connectivity index is 0.0000000942. The maximum Gasteiger partial charge on any atom is 0.141 e. The Morgan fingerprint density at radius 2 is 0.647 bits per heavy atom. The van der Waals surface area contributed by atoms with Crippen molar-refractivity contribution in [2.24, 2.45) is 0 Å². The number of aryl methyl sites for hydroxylation is 16. The number of imidazole rings is 6. The molecule has 26 nitrogen and oxygen atoms in total. The fourth-order valence-electron chi connectivity index (χ4n) is 20.3. The first-order valence-electron chi connectivity index (χ1n) is 46.9. The molecule has 0 unspecified atom stereocenters.